The molecule has 1 aromatic rings. The lowest BCUT2D eigenvalue weighted by atomic mass is 10.1. The van der Waals surface area contributed by atoms with Crippen LogP contribution in [0.5, 0.6) is 5.75 Å². The van der Waals surface area contributed by atoms with Crippen molar-refractivity contribution in [1.29, 1.82) is 0 Å². The third-order valence-electron chi connectivity index (χ3n) is 3.97. The molecule has 142 valence electrons. The first-order chi connectivity index (χ1) is 12.2. The summed E-state index contributed by atoms with van der Waals surface area (Å²) in [5.74, 6) is -1.09. The van der Waals surface area contributed by atoms with Gasteiger partial charge in [-0.2, -0.15) is 0 Å². The Kier molecular flexibility index (Phi) is 5.74. The van der Waals surface area contributed by atoms with Crippen LogP contribution < -0.4 is 9.64 Å². The van der Waals surface area contributed by atoms with Crippen LogP contribution in [0.25, 0.3) is 0 Å². The maximum Gasteiger partial charge on any atom is 0.410 e. The number of hydrogen-bond donors (Lipinski definition) is 1. The normalized spacial score (nSPS) is 14.8. The molecular weight excluding hydrogens is 340 g/mol. The summed E-state index contributed by atoms with van der Waals surface area (Å²) in [6.45, 7) is 7.46. The van der Waals surface area contributed by atoms with E-state index >= 15 is 0 Å². The second-order valence-corrected chi connectivity index (χ2v) is 6.99. The van der Waals surface area contributed by atoms with E-state index in [1.54, 1.807) is 11.0 Å². The number of rotatable bonds is 4. The number of carbonyl (C=O) groups is 3. The van der Waals surface area contributed by atoms with Crippen LogP contribution in [0.2, 0.25) is 0 Å². The predicted molar refractivity (Wildman–Crippen MR) is 95.4 cm³/mol. The van der Waals surface area contributed by atoms with Gasteiger partial charge in [-0.1, -0.05) is 0 Å². The molecule has 0 aromatic heterocycles. The number of anilines is 1. The molecule has 1 saturated heterocycles. The van der Waals surface area contributed by atoms with Crippen molar-refractivity contribution in [3.63, 3.8) is 0 Å². The number of aldehydes is 1. The molecule has 1 heterocycles. The fourth-order valence-electron chi connectivity index (χ4n) is 2.76. The summed E-state index contributed by atoms with van der Waals surface area (Å²) < 4.78 is 10.5. The molecule has 26 heavy (non-hydrogen) atoms. The van der Waals surface area contributed by atoms with Gasteiger partial charge in [0.25, 0.3) is 0 Å². The summed E-state index contributed by atoms with van der Waals surface area (Å²) >= 11 is 0. The molecule has 1 fully saturated rings. The Labute approximate surface area is 152 Å². The quantitative estimate of drug-likeness (QED) is 0.819. The average Bonchev–Trinajstić information content (AvgIpc) is 2.58. The van der Waals surface area contributed by atoms with Crippen LogP contribution in [-0.2, 0) is 4.74 Å². The zero-order valence-electron chi connectivity index (χ0n) is 15.4. The van der Waals surface area contributed by atoms with E-state index in [9.17, 15) is 19.5 Å². The van der Waals surface area contributed by atoms with Crippen molar-refractivity contribution in [2.24, 2.45) is 0 Å². The third kappa shape index (κ3) is 4.44. The second kappa shape index (κ2) is 7.63. The number of hydrogen-bond acceptors (Lipinski definition) is 6. The van der Waals surface area contributed by atoms with E-state index in [0.717, 1.165) is 0 Å². The number of ether oxygens (including phenoxy) is 2. The van der Waals surface area contributed by atoms with Gasteiger partial charge < -0.3 is 24.4 Å². The van der Waals surface area contributed by atoms with E-state index in [1.807, 2.05) is 25.7 Å². The smallest absolute Gasteiger partial charge is 0.410 e. The number of piperazine rings is 1. The van der Waals surface area contributed by atoms with Gasteiger partial charge >= 0.3 is 12.1 Å². The standard InChI is InChI=1S/C18H24N2O6/c1-18(2,3)26-17(24)20-7-5-19(6-8-20)13-9-12(11-21)15(16(22)23)14(10-13)25-4/h9-11H,5-8H2,1-4H3,(H,22,23). The van der Waals surface area contributed by atoms with Crippen LogP contribution >= 0.6 is 0 Å². The molecule has 8 heteroatoms. The van der Waals surface area contributed by atoms with Gasteiger partial charge in [-0.25, -0.2) is 9.59 Å². The van der Waals surface area contributed by atoms with Crippen molar-refractivity contribution in [2.75, 3.05) is 38.2 Å². The Bertz CT molecular complexity index is 702. The van der Waals surface area contributed by atoms with Crippen molar-refractivity contribution < 1.29 is 29.0 Å². The Morgan fingerprint density at radius 2 is 1.77 bits per heavy atom. The summed E-state index contributed by atoms with van der Waals surface area (Å²) in [6, 6.07) is 3.13. The Morgan fingerprint density at radius 3 is 2.23 bits per heavy atom. The largest absolute Gasteiger partial charge is 0.496 e. The van der Waals surface area contributed by atoms with Crippen molar-refractivity contribution in [2.45, 2.75) is 26.4 Å². The highest BCUT2D eigenvalue weighted by Crippen LogP contribution is 2.29. The van der Waals surface area contributed by atoms with Crippen LogP contribution in [0.3, 0.4) is 0 Å². The molecule has 1 N–H and O–H groups in total. The monoisotopic (exact) mass is 364 g/mol. The molecule has 1 aliphatic rings. The molecule has 1 aliphatic heterocycles. The van der Waals surface area contributed by atoms with Gasteiger partial charge in [0.05, 0.1) is 7.11 Å². The fourth-order valence-corrected chi connectivity index (χ4v) is 2.76. The van der Waals surface area contributed by atoms with Crippen LogP contribution in [0.4, 0.5) is 10.5 Å². The lowest BCUT2D eigenvalue weighted by molar-refractivity contribution is 0.0240. The molecule has 0 unspecified atom stereocenters. The molecular formula is C18H24N2O6. The van der Waals surface area contributed by atoms with E-state index < -0.39 is 11.6 Å². The zero-order valence-corrected chi connectivity index (χ0v) is 15.4. The number of methoxy groups -OCH3 is 1. The molecule has 0 saturated carbocycles. The summed E-state index contributed by atoms with van der Waals surface area (Å²) in [6.07, 6.45) is 0.149. The van der Waals surface area contributed by atoms with E-state index in [0.29, 0.717) is 38.2 Å². The molecule has 8 nitrogen and oxygen atoms in total. The topological polar surface area (TPSA) is 96.4 Å². The van der Waals surface area contributed by atoms with E-state index in [4.69, 9.17) is 9.47 Å². The van der Waals surface area contributed by atoms with Crippen molar-refractivity contribution in [3.8, 4) is 5.75 Å². The molecule has 0 radical (unpaired) electrons. The molecule has 1 amide bonds. The number of carbonyl (C=O) groups excluding carboxylic acids is 2. The number of benzene rings is 1. The minimum absolute atomic E-state index is 0.0569. The maximum atomic E-state index is 12.1. The van der Waals surface area contributed by atoms with E-state index in [-0.39, 0.29) is 23.0 Å². The van der Waals surface area contributed by atoms with Crippen molar-refractivity contribution in [3.05, 3.63) is 23.3 Å². The maximum absolute atomic E-state index is 12.1. The Hall–Kier alpha value is -2.77. The SMILES string of the molecule is COc1cc(N2CCN(C(=O)OC(C)(C)C)CC2)cc(C=O)c1C(=O)O. The lowest BCUT2D eigenvalue weighted by Gasteiger charge is -2.37. The van der Waals surface area contributed by atoms with Gasteiger partial charge in [0, 0.05) is 43.5 Å². The first-order valence-electron chi connectivity index (χ1n) is 8.29. The highest BCUT2D eigenvalue weighted by molar-refractivity contribution is 6.00. The Morgan fingerprint density at radius 1 is 1.15 bits per heavy atom. The second-order valence-electron chi connectivity index (χ2n) is 6.99. The average molecular weight is 364 g/mol. The summed E-state index contributed by atoms with van der Waals surface area (Å²) in [5.41, 5.74) is 0.0328. The fraction of sp³-hybridized carbons (Fsp3) is 0.500. The van der Waals surface area contributed by atoms with Gasteiger partial charge in [0.2, 0.25) is 0 Å². The van der Waals surface area contributed by atoms with Crippen LogP contribution in [0, 0.1) is 0 Å². The minimum Gasteiger partial charge on any atom is -0.496 e. The molecule has 1 aromatic carbocycles. The first kappa shape index (κ1) is 19.6. The Balaban J connectivity index is 2.15. The van der Waals surface area contributed by atoms with Gasteiger partial charge in [0.15, 0.2) is 6.29 Å². The van der Waals surface area contributed by atoms with Crippen molar-refractivity contribution >= 4 is 24.0 Å². The summed E-state index contributed by atoms with van der Waals surface area (Å²) in [4.78, 5) is 38.4. The predicted octanol–water partition coefficient (Wildman–Crippen LogP) is 2.26. The summed E-state index contributed by atoms with van der Waals surface area (Å²) in [5, 5.41) is 9.29. The lowest BCUT2D eigenvalue weighted by Crippen LogP contribution is -2.50. The minimum atomic E-state index is -1.22. The van der Waals surface area contributed by atoms with Gasteiger partial charge in [-0.3, -0.25) is 4.79 Å². The van der Waals surface area contributed by atoms with Crippen LogP contribution in [-0.4, -0.2) is 67.2 Å². The molecule has 2 rings (SSSR count). The first-order valence-corrected chi connectivity index (χ1v) is 8.29. The van der Waals surface area contributed by atoms with Crippen molar-refractivity contribution in [1.82, 2.24) is 4.90 Å². The number of carboxylic acids is 1. The van der Waals surface area contributed by atoms with E-state index in [2.05, 4.69) is 0 Å². The van der Waals surface area contributed by atoms with Crippen LogP contribution in [0.15, 0.2) is 12.1 Å². The highest BCUT2D eigenvalue weighted by atomic mass is 16.6. The number of nitrogens with zero attached hydrogens (tertiary/aromatic N) is 2. The van der Waals surface area contributed by atoms with Gasteiger partial charge in [0.1, 0.15) is 16.9 Å². The molecule has 0 bridgehead atoms. The number of amides is 1. The zero-order chi connectivity index (χ0) is 19.5. The molecule has 0 aliphatic carbocycles. The molecule has 0 atom stereocenters. The molecule has 0 spiro atoms. The highest BCUT2D eigenvalue weighted by Gasteiger charge is 2.27. The number of carboxylic acid groups (broad SMARTS) is 1. The van der Waals surface area contributed by atoms with Gasteiger partial charge in [-0.05, 0) is 26.8 Å². The number of aromatic carboxylic acids is 1. The van der Waals surface area contributed by atoms with Gasteiger partial charge in [-0.15, -0.1) is 0 Å². The van der Waals surface area contributed by atoms with Crippen LogP contribution in [0.1, 0.15) is 41.5 Å². The summed E-state index contributed by atoms with van der Waals surface area (Å²) in [7, 11) is 1.36. The van der Waals surface area contributed by atoms with E-state index in [1.165, 1.54) is 13.2 Å². The third-order valence-corrected chi connectivity index (χ3v) is 3.97.